The van der Waals surface area contributed by atoms with Crippen LogP contribution in [0.25, 0.3) is 0 Å². The minimum Gasteiger partial charge on any atom is -0.508 e. The van der Waals surface area contributed by atoms with Gasteiger partial charge in [-0.2, -0.15) is 0 Å². The number of phenolic OH excluding ortho intramolecular Hbond substituents is 12. The first-order valence-corrected chi connectivity index (χ1v) is 22.4. The molecular formula is C52H44O21. The molecule has 0 fully saturated rings. The van der Waals surface area contributed by atoms with Crippen LogP contribution in [0.5, 0.6) is 86.2 Å². The van der Waals surface area contributed by atoms with E-state index < -0.39 is 169 Å². The van der Waals surface area contributed by atoms with E-state index >= 15 is 0 Å². The van der Waals surface area contributed by atoms with Crippen molar-refractivity contribution in [3.8, 4) is 86.2 Å². The van der Waals surface area contributed by atoms with E-state index in [9.17, 15) is 86.2 Å². The first-order chi connectivity index (χ1) is 34.7. The van der Waals surface area contributed by atoms with Gasteiger partial charge in [0.1, 0.15) is 70.1 Å². The maximum Gasteiger partial charge on any atom is 0.350 e. The van der Waals surface area contributed by atoms with Gasteiger partial charge in [0.2, 0.25) is 5.60 Å². The first-order valence-electron chi connectivity index (χ1n) is 22.4. The number of carbonyl (C=O) groups is 2. The van der Waals surface area contributed by atoms with Crippen LogP contribution in [0.1, 0.15) is 87.5 Å². The van der Waals surface area contributed by atoms with Gasteiger partial charge < -0.3 is 95.5 Å². The fraction of sp³-hybridized carbons (Fsp3) is 0.231. The molecule has 15 N–H and O–H groups in total. The SMILES string of the molecule is O=C1CCC=C[C@@]1(O)C(=O)O[C@@H]1Cc2c(O)cc(O)c([C@H]3c4c(O)cc(O)c([C@H]5c6c(O)cc(O)cc6O[C@H](c6ccc(O)c(O)c6)[C@@H]5O)c4O[C@H](c4ccc(O)c(O)c4)[C@H]3O)c2O[C@@H]1c1ccc(O)c(O)c1. The number of aliphatic hydroxyl groups is 3. The lowest BCUT2D eigenvalue weighted by molar-refractivity contribution is -0.175. The van der Waals surface area contributed by atoms with Crippen molar-refractivity contribution in [2.75, 3.05) is 0 Å². The lowest BCUT2D eigenvalue weighted by Crippen LogP contribution is -2.50. The van der Waals surface area contributed by atoms with Gasteiger partial charge in [0.25, 0.3) is 0 Å². The summed E-state index contributed by atoms with van der Waals surface area (Å²) < 4.78 is 25.0. The summed E-state index contributed by atoms with van der Waals surface area (Å²) in [5.41, 5.74) is -4.56. The third kappa shape index (κ3) is 7.77. The molecular weight excluding hydrogens is 961 g/mol. The third-order valence-electron chi connectivity index (χ3n) is 13.7. The van der Waals surface area contributed by atoms with Crippen LogP contribution in [-0.2, 0) is 20.7 Å². The zero-order valence-corrected chi connectivity index (χ0v) is 37.6. The second-order valence-electron chi connectivity index (χ2n) is 18.2. The van der Waals surface area contributed by atoms with Gasteiger partial charge in [0, 0.05) is 70.5 Å². The standard InChI is InChI=1S/C52H44O21/c53-22-14-31(61)38-35(15-22)70-47(20-5-8-25(55)29(59)12-20)44(66)42(38)40-33(63)18-34(64)41-43(45(67)48(73-50(40)41)21-6-9-26(56)30(60)13-21)39-32(62)17-27(57)23-16-36(71-51(68)52(69)10-2-1-3-37(52)65)46(72-49(23)39)19-4-7-24(54)28(58)11-19/h2,4-15,17-18,36,42-48,53-64,66-67,69H,1,3,16H2/t36-,42-,43+,44-,45+,46-,47-,48-,52+/m1/s1. The van der Waals surface area contributed by atoms with Crippen LogP contribution in [0.15, 0.2) is 91.0 Å². The topological polar surface area (TPSA) is 375 Å². The molecule has 0 bridgehead atoms. The fourth-order valence-corrected chi connectivity index (χ4v) is 10.2. The highest BCUT2D eigenvalue weighted by Gasteiger charge is 2.52. The Morgan fingerprint density at radius 2 is 0.986 bits per heavy atom. The molecule has 0 spiro atoms. The Morgan fingerprint density at radius 3 is 1.52 bits per heavy atom. The number of Topliss-reactive ketones (excluding diaryl/α,β-unsaturated/α-hetero) is 1. The van der Waals surface area contributed by atoms with Crippen LogP contribution in [0, 0.1) is 0 Å². The van der Waals surface area contributed by atoms with Crippen LogP contribution in [-0.4, -0.2) is 112 Å². The lowest BCUT2D eigenvalue weighted by Gasteiger charge is -2.43. The van der Waals surface area contributed by atoms with Crippen LogP contribution in [0.4, 0.5) is 0 Å². The van der Waals surface area contributed by atoms with E-state index in [2.05, 4.69) is 0 Å². The number of hydrogen-bond donors (Lipinski definition) is 15. The molecule has 73 heavy (non-hydrogen) atoms. The number of aliphatic hydroxyl groups excluding tert-OH is 2. The molecule has 0 aromatic heterocycles. The molecule has 0 amide bonds. The van der Waals surface area contributed by atoms with Crippen molar-refractivity contribution in [2.24, 2.45) is 0 Å². The molecule has 3 heterocycles. The quantitative estimate of drug-likeness (QED) is 0.0448. The largest absolute Gasteiger partial charge is 0.508 e. The minimum absolute atomic E-state index is 0.0139. The molecule has 378 valence electrons. The van der Waals surface area contributed by atoms with E-state index in [0.29, 0.717) is 0 Å². The van der Waals surface area contributed by atoms with E-state index in [4.69, 9.17) is 18.9 Å². The lowest BCUT2D eigenvalue weighted by atomic mass is 9.73. The summed E-state index contributed by atoms with van der Waals surface area (Å²) in [5.74, 6) is -15.1. The van der Waals surface area contributed by atoms with Crippen LogP contribution in [0.3, 0.4) is 0 Å². The average Bonchev–Trinajstić information content (AvgIpc) is 3.33. The number of rotatable bonds is 7. The number of fused-ring (bicyclic) bond motifs is 3. The summed E-state index contributed by atoms with van der Waals surface area (Å²) in [4.78, 5) is 26.7. The Balaban J connectivity index is 1.21. The van der Waals surface area contributed by atoms with E-state index in [1.165, 1.54) is 24.3 Å². The molecule has 6 aromatic carbocycles. The zero-order chi connectivity index (χ0) is 52.1. The number of benzene rings is 6. The highest BCUT2D eigenvalue weighted by atomic mass is 16.6. The molecule has 21 heteroatoms. The monoisotopic (exact) mass is 1000 g/mol. The Hall–Kier alpha value is -8.92. The average molecular weight is 1000 g/mol. The van der Waals surface area contributed by atoms with Gasteiger partial charge in [-0.15, -0.1) is 0 Å². The normalized spacial score (nSPS) is 25.0. The van der Waals surface area contributed by atoms with E-state index in [1.54, 1.807) is 0 Å². The van der Waals surface area contributed by atoms with E-state index in [1.807, 2.05) is 0 Å². The molecule has 3 aliphatic heterocycles. The Bertz CT molecular complexity index is 3310. The van der Waals surface area contributed by atoms with Crippen LogP contribution in [0.2, 0.25) is 0 Å². The second kappa shape index (κ2) is 17.4. The zero-order valence-electron chi connectivity index (χ0n) is 37.6. The van der Waals surface area contributed by atoms with Gasteiger partial charge in [-0.05, 0) is 60.0 Å². The molecule has 4 aliphatic rings. The molecule has 9 atom stereocenters. The highest BCUT2D eigenvalue weighted by Crippen LogP contribution is 2.62. The van der Waals surface area contributed by atoms with Gasteiger partial charge >= 0.3 is 5.97 Å². The molecule has 21 nitrogen and oxygen atoms in total. The first kappa shape index (κ1) is 47.7. The summed E-state index contributed by atoms with van der Waals surface area (Å²) >= 11 is 0. The van der Waals surface area contributed by atoms with Crippen molar-refractivity contribution >= 4 is 11.8 Å². The summed E-state index contributed by atoms with van der Waals surface area (Å²) in [6.45, 7) is 0. The van der Waals surface area contributed by atoms with Crippen molar-refractivity contribution in [3.05, 3.63) is 136 Å². The molecule has 0 radical (unpaired) electrons. The van der Waals surface area contributed by atoms with Gasteiger partial charge in [-0.1, -0.05) is 24.3 Å². The molecule has 6 aromatic rings. The maximum atomic E-state index is 13.8. The molecule has 0 saturated carbocycles. The van der Waals surface area contributed by atoms with Gasteiger partial charge in [0.15, 0.2) is 58.6 Å². The van der Waals surface area contributed by atoms with Crippen LogP contribution >= 0.6 is 0 Å². The van der Waals surface area contributed by atoms with Crippen molar-refractivity contribution < 1.29 is 105 Å². The Labute approximate surface area is 411 Å². The summed E-state index contributed by atoms with van der Waals surface area (Å²) in [5, 5.41) is 169. The minimum atomic E-state index is -2.72. The number of hydrogen-bond acceptors (Lipinski definition) is 21. The summed E-state index contributed by atoms with van der Waals surface area (Å²) in [7, 11) is 0. The number of esters is 1. The van der Waals surface area contributed by atoms with Crippen molar-refractivity contribution in [1.29, 1.82) is 0 Å². The maximum absolute atomic E-state index is 13.8. The third-order valence-corrected chi connectivity index (χ3v) is 13.7. The number of ketones is 1. The fourth-order valence-electron chi connectivity index (χ4n) is 10.2. The Kier molecular flexibility index (Phi) is 11.4. The van der Waals surface area contributed by atoms with Crippen molar-refractivity contribution in [3.63, 3.8) is 0 Å². The number of ether oxygens (including phenoxy) is 4. The second-order valence-corrected chi connectivity index (χ2v) is 18.2. The number of phenols is 12. The van der Waals surface area contributed by atoms with Crippen LogP contribution < -0.4 is 14.2 Å². The molecule has 0 saturated heterocycles. The van der Waals surface area contributed by atoms with Gasteiger partial charge in [0.05, 0.1) is 11.8 Å². The predicted molar refractivity (Wildman–Crippen MR) is 246 cm³/mol. The number of carbonyl (C=O) groups excluding carboxylic acids is 2. The molecule has 10 rings (SSSR count). The predicted octanol–water partition coefficient (Wildman–Crippen LogP) is 4.65. The van der Waals surface area contributed by atoms with E-state index in [0.717, 1.165) is 66.7 Å². The Morgan fingerprint density at radius 1 is 0.521 bits per heavy atom. The summed E-state index contributed by atoms with van der Waals surface area (Å²) in [6, 6.07) is 13.8. The van der Waals surface area contributed by atoms with Gasteiger partial charge in [-0.3, -0.25) is 4.79 Å². The highest BCUT2D eigenvalue weighted by molar-refractivity contribution is 6.09. The van der Waals surface area contributed by atoms with Gasteiger partial charge in [-0.25, -0.2) is 4.79 Å². The smallest absolute Gasteiger partial charge is 0.350 e. The van der Waals surface area contributed by atoms with Crippen molar-refractivity contribution in [1.82, 2.24) is 0 Å². The molecule has 0 unspecified atom stereocenters. The molecule has 1 aliphatic carbocycles. The van der Waals surface area contributed by atoms with Crippen molar-refractivity contribution in [2.45, 2.75) is 73.3 Å². The van der Waals surface area contributed by atoms with E-state index in [-0.39, 0.29) is 46.4 Å². The summed E-state index contributed by atoms with van der Waals surface area (Å²) in [6.07, 6.45) is -8.49. The number of aromatic hydroxyl groups is 12. The number of allylic oxidation sites excluding steroid dienone is 1.